The summed E-state index contributed by atoms with van der Waals surface area (Å²) in [6.45, 7) is 4.77. The highest BCUT2D eigenvalue weighted by Crippen LogP contribution is 2.31. The molecule has 1 atom stereocenters. The van der Waals surface area contributed by atoms with Crippen LogP contribution < -0.4 is 15.4 Å². The van der Waals surface area contributed by atoms with Gasteiger partial charge in [-0.3, -0.25) is 4.79 Å². The Morgan fingerprint density at radius 2 is 1.74 bits per heavy atom. The maximum absolute atomic E-state index is 13.2. The van der Waals surface area contributed by atoms with Crippen LogP contribution in [-0.2, 0) is 14.8 Å². The highest BCUT2D eigenvalue weighted by atomic mass is 32.2. The number of sulfonamides is 1. The van der Waals surface area contributed by atoms with Gasteiger partial charge in [-0.1, -0.05) is 6.42 Å². The molecule has 0 aromatic heterocycles. The Morgan fingerprint density at radius 1 is 1.10 bits per heavy atom. The minimum atomic E-state index is -3.71. The first-order valence-corrected chi connectivity index (χ1v) is 11.8. The molecule has 2 aromatic carbocycles. The Morgan fingerprint density at radius 3 is 2.39 bits per heavy atom. The zero-order chi connectivity index (χ0) is 22.4. The predicted molar refractivity (Wildman–Crippen MR) is 118 cm³/mol. The summed E-state index contributed by atoms with van der Waals surface area (Å²) in [5.41, 5.74) is 0.959. The molecule has 168 valence electrons. The highest BCUT2D eigenvalue weighted by molar-refractivity contribution is 7.89. The first-order chi connectivity index (χ1) is 14.8. The Hall–Kier alpha value is -2.65. The number of benzene rings is 2. The van der Waals surface area contributed by atoms with Crippen LogP contribution in [0.25, 0.3) is 0 Å². The lowest BCUT2D eigenvalue weighted by atomic mass is 10.2. The van der Waals surface area contributed by atoms with Crippen LogP contribution in [0.4, 0.5) is 15.8 Å². The van der Waals surface area contributed by atoms with E-state index in [1.165, 1.54) is 34.6 Å². The van der Waals surface area contributed by atoms with Gasteiger partial charge in [0, 0.05) is 24.5 Å². The summed E-state index contributed by atoms with van der Waals surface area (Å²) >= 11 is 0. The number of hydrogen-bond acceptors (Lipinski definition) is 5. The molecular weight excluding hydrogens is 421 g/mol. The summed E-state index contributed by atoms with van der Waals surface area (Å²) in [6, 6.07) is 9.61. The number of carbonyl (C=O) groups is 1. The Balaban J connectivity index is 1.79. The van der Waals surface area contributed by atoms with Crippen molar-refractivity contribution in [2.75, 3.05) is 30.3 Å². The van der Waals surface area contributed by atoms with Crippen LogP contribution in [0.2, 0.25) is 0 Å². The molecule has 0 unspecified atom stereocenters. The third-order valence-electron chi connectivity index (χ3n) is 5.06. The Labute approximate surface area is 182 Å². The molecule has 2 aromatic rings. The van der Waals surface area contributed by atoms with Crippen LogP contribution in [0, 0.1) is 5.82 Å². The average molecular weight is 450 g/mol. The van der Waals surface area contributed by atoms with Crippen molar-refractivity contribution in [1.82, 2.24) is 4.31 Å². The van der Waals surface area contributed by atoms with Crippen LogP contribution in [0.5, 0.6) is 5.75 Å². The zero-order valence-corrected chi connectivity index (χ0v) is 18.5. The molecule has 3 rings (SSSR count). The molecule has 9 heteroatoms. The minimum absolute atomic E-state index is 0.0902. The number of nitrogens with zero attached hydrogens (tertiary/aromatic N) is 1. The molecule has 0 aliphatic carbocycles. The van der Waals surface area contributed by atoms with Gasteiger partial charge in [-0.15, -0.1) is 0 Å². The van der Waals surface area contributed by atoms with E-state index in [9.17, 15) is 17.6 Å². The largest absolute Gasteiger partial charge is 0.492 e. The summed E-state index contributed by atoms with van der Waals surface area (Å²) in [6.07, 6.45) is 2.69. The standard InChI is InChI=1S/C22H28FN3O4S/c1-3-30-20-12-11-19(15-21(20)31(28,29)26-13-5-4-6-14-26)24-16(2)22(27)25-18-9-7-17(23)8-10-18/h7-12,15-16,24H,3-6,13-14H2,1-2H3,(H,25,27)/t16-/m0/s1. The van der Waals surface area contributed by atoms with Crippen molar-refractivity contribution >= 4 is 27.3 Å². The van der Waals surface area contributed by atoms with Gasteiger partial charge in [0.25, 0.3) is 0 Å². The van der Waals surface area contributed by atoms with Gasteiger partial charge in [0.2, 0.25) is 15.9 Å². The summed E-state index contributed by atoms with van der Waals surface area (Å²) in [4.78, 5) is 12.6. The van der Waals surface area contributed by atoms with Crippen LogP contribution >= 0.6 is 0 Å². The minimum Gasteiger partial charge on any atom is -0.492 e. The van der Waals surface area contributed by atoms with E-state index in [0.717, 1.165) is 19.3 Å². The molecule has 0 spiro atoms. The topological polar surface area (TPSA) is 87.7 Å². The fourth-order valence-corrected chi connectivity index (χ4v) is 5.09. The SMILES string of the molecule is CCOc1ccc(N[C@@H](C)C(=O)Nc2ccc(F)cc2)cc1S(=O)(=O)N1CCCCC1. The molecule has 1 aliphatic rings. The number of hydrogen-bond donors (Lipinski definition) is 2. The lowest BCUT2D eigenvalue weighted by Crippen LogP contribution is -2.36. The average Bonchev–Trinajstić information content (AvgIpc) is 2.77. The summed E-state index contributed by atoms with van der Waals surface area (Å²) in [7, 11) is -3.71. The Bertz CT molecular complexity index is 1010. The summed E-state index contributed by atoms with van der Waals surface area (Å²) < 4.78 is 46.6. The molecule has 2 N–H and O–H groups in total. The quantitative estimate of drug-likeness (QED) is 0.639. The molecule has 1 aliphatic heterocycles. The number of amides is 1. The van der Waals surface area contributed by atoms with Gasteiger partial charge in [-0.25, -0.2) is 12.8 Å². The van der Waals surface area contributed by atoms with E-state index in [1.54, 1.807) is 26.0 Å². The maximum atomic E-state index is 13.2. The van der Waals surface area contributed by atoms with E-state index in [4.69, 9.17) is 4.74 Å². The normalized spacial score (nSPS) is 15.8. The van der Waals surface area contributed by atoms with Crippen molar-refractivity contribution in [1.29, 1.82) is 0 Å². The predicted octanol–water partition coefficient (Wildman–Crippen LogP) is 3.84. The van der Waals surface area contributed by atoms with Gasteiger partial charge in [-0.05, 0) is 69.2 Å². The molecular formula is C22H28FN3O4S. The second kappa shape index (κ2) is 10.1. The van der Waals surface area contributed by atoms with Crippen molar-refractivity contribution in [2.24, 2.45) is 0 Å². The molecule has 0 radical (unpaired) electrons. The molecule has 0 saturated carbocycles. The van der Waals surface area contributed by atoms with E-state index in [2.05, 4.69) is 10.6 Å². The summed E-state index contributed by atoms with van der Waals surface area (Å²) in [5, 5.41) is 5.73. The van der Waals surface area contributed by atoms with E-state index in [0.29, 0.717) is 36.8 Å². The number of nitrogens with one attached hydrogen (secondary N) is 2. The highest BCUT2D eigenvalue weighted by Gasteiger charge is 2.29. The van der Waals surface area contributed by atoms with Gasteiger partial charge < -0.3 is 15.4 Å². The van der Waals surface area contributed by atoms with E-state index >= 15 is 0 Å². The second-order valence-electron chi connectivity index (χ2n) is 7.42. The van der Waals surface area contributed by atoms with Crippen LogP contribution in [0.3, 0.4) is 0 Å². The first-order valence-electron chi connectivity index (χ1n) is 10.4. The lowest BCUT2D eigenvalue weighted by Gasteiger charge is -2.27. The van der Waals surface area contributed by atoms with E-state index < -0.39 is 16.1 Å². The fourth-order valence-electron chi connectivity index (χ4n) is 3.42. The number of ether oxygens (including phenoxy) is 1. The van der Waals surface area contributed by atoms with Crippen LogP contribution in [0.15, 0.2) is 47.4 Å². The third kappa shape index (κ3) is 5.74. The molecule has 1 heterocycles. The number of anilines is 2. The number of piperidine rings is 1. The number of halogens is 1. The van der Waals surface area contributed by atoms with Crippen molar-refractivity contribution in [3.63, 3.8) is 0 Å². The monoisotopic (exact) mass is 449 g/mol. The van der Waals surface area contributed by atoms with Gasteiger partial charge in [0.05, 0.1) is 6.61 Å². The van der Waals surface area contributed by atoms with Crippen LogP contribution in [0.1, 0.15) is 33.1 Å². The summed E-state index contributed by atoms with van der Waals surface area (Å²) in [5.74, 6) is -0.427. The molecule has 0 bridgehead atoms. The van der Waals surface area contributed by atoms with Crippen molar-refractivity contribution < 1.29 is 22.3 Å². The van der Waals surface area contributed by atoms with Crippen molar-refractivity contribution in [3.8, 4) is 5.75 Å². The van der Waals surface area contributed by atoms with Gasteiger partial charge in [0.15, 0.2) is 0 Å². The molecule has 31 heavy (non-hydrogen) atoms. The zero-order valence-electron chi connectivity index (χ0n) is 17.7. The van der Waals surface area contributed by atoms with E-state index in [1.807, 2.05) is 0 Å². The second-order valence-corrected chi connectivity index (χ2v) is 9.33. The van der Waals surface area contributed by atoms with Crippen molar-refractivity contribution in [2.45, 2.75) is 44.0 Å². The number of rotatable bonds is 8. The smallest absolute Gasteiger partial charge is 0.246 e. The van der Waals surface area contributed by atoms with Crippen molar-refractivity contribution in [3.05, 3.63) is 48.3 Å². The molecule has 7 nitrogen and oxygen atoms in total. The fraction of sp³-hybridized carbons (Fsp3) is 0.409. The van der Waals surface area contributed by atoms with E-state index in [-0.39, 0.29) is 16.6 Å². The van der Waals surface area contributed by atoms with Gasteiger partial charge >= 0.3 is 0 Å². The third-order valence-corrected chi connectivity index (χ3v) is 6.98. The molecule has 1 saturated heterocycles. The van der Waals surface area contributed by atoms with Gasteiger partial charge in [0.1, 0.15) is 22.5 Å². The lowest BCUT2D eigenvalue weighted by molar-refractivity contribution is -0.116. The number of carbonyl (C=O) groups excluding carboxylic acids is 1. The van der Waals surface area contributed by atoms with Gasteiger partial charge in [-0.2, -0.15) is 4.31 Å². The van der Waals surface area contributed by atoms with Crippen LogP contribution in [-0.4, -0.2) is 44.4 Å². The molecule has 1 amide bonds. The first kappa shape index (κ1) is 23.0. The maximum Gasteiger partial charge on any atom is 0.246 e. The Kier molecular flexibility index (Phi) is 7.50. The molecule has 1 fully saturated rings.